The van der Waals surface area contributed by atoms with Gasteiger partial charge in [0.05, 0.1) is 10.2 Å². The number of imide groups is 2. The summed E-state index contributed by atoms with van der Waals surface area (Å²) in [6.45, 7) is 0.728. The van der Waals surface area contributed by atoms with Crippen LogP contribution in [0, 0.1) is 0 Å². The maximum Gasteiger partial charge on any atom is 0.335 e. The van der Waals surface area contributed by atoms with Crippen molar-refractivity contribution in [3.8, 4) is 11.5 Å². The van der Waals surface area contributed by atoms with Gasteiger partial charge < -0.3 is 9.47 Å². The number of nitrogens with one attached hydrogen (secondary N) is 1. The number of benzene rings is 5. The van der Waals surface area contributed by atoms with Gasteiger partial charge in [0, 0.05) is 4.47 Å². The highest BCUT2D eigenvalue weighted by molar-refractivity contribution is 9.10. The largest absolute Gasteiger partial charge is 0.489 e. The molecule has 6 rings (SSSR count). The molecule has 5 aromatic rings. The Morgan fingerprint density at radius 3 is 2.27 bits per heavy atom. The molecular weight excluding hydrogens is 688 g/mol. The summed E-state index contributed by atoms with van der Waals surface area (Å²) < 4.78 is 13.5. The van der Waals surface area contributed by atoms with Crippen molar-refractivity contribution in [2.75, 3.05) is 4.90 Å². The summed E-state index contributed by atoms with van der Waals surface area (Å²) in [5.74, 6) is -0.312. The minimum Gasteiger partial charge on any atom is -0.489 e. The molecule has 44 heavy (non-hydrogen) atoms. The van der Waals surface area contributed by atoms with Gasteiger partial charge in [-0.25, -0.2) is 9.69 Å². The third-order valence-corrected chi connectivity index (χ3v) is 8.19. The molecule has 9 heteroatoms. The predicted molar refractivity (Wildman–Crippen MR) is 176 cm³/mol. The summed E-state index contributed by atoms with van der Waals surface area (Å²) >= 11 is 6.95. The minimum absolute atomic E-state index is 0.170. The zero-order valence-electron chi connectivity index (χ0n) is 23.1. The first kappa shape index (κ1) is 29.3. The molecule has 5 aromatic carbocycles. The molecular formula is C35H24Br2N2O5. The molecule has 218 valence electrons. The van der Waals surface area contributed by atoms with E-state index in [1.165, 1.54) is 6.08 Å². The Balaban J connectivity index is 1.15. The van der Waals surface area contributed by atoms with Gasteiger partial charge in [0.1, 0.15) is 30.3 Å². The summed E-state index contributed by atoms with van der Waals surface area (Å²) in [7, 11) is 0. The van der Waals surface area contributed by atoms with Crippen LogP contribution in [0.5, 0.6) is 11.5 Å². The smallest absolute Gasteiger partial charge is 0.335 e. The molecule has 0 atom stereocenters. The van der Waals surface area contributed by atoms with E-state index >= 15 is 0 Å². The average Bonchev–Trinajstić information content (AvgIpc) is 3.03. The third-order valence-electron chi connectivity index (χ3n) is 7.05. The van der Waals surface area contributed by atoms with E-state index in [0.717, 1.165) is 31.3 Å². The molecule has 0 bridgehead atoms. The van der Waals surface area contributed by atoms with Gasteiger partial charge >= 0.3 is 6.03 Å². The van der Waals surface area contributed by atoms with Crippen LogP contribution < -0.4 is 19.7 Å². The van der Waals surface area contributed by atoms with Gasteiger partial charge in [-0.05, 0) is 98.0 Å². The fourth-order valence-corrected chi connectivity index (χ4v) is 5.57. The van der Waals surface area contributed by atoms with Crippen LogP contribution in [-0.4, -0.2) is 17.8 Å². The number of ether oxygens (including phenoxy) is 2. The first-order chi connectivity index (χ1) is 21.4. The van der Waals surface area contributed by atoms with E-state index in [-0.39, 0.29) is 5.57 Å². The highest BCUT2D eigenvalue weighted by Crippen LogP contribution is 2.30. The van der Waals surface area contributed by atoms with E-state index in [9.17, 15) is 14.4 Å². The average molecular weight is 712 g/mol. The number of halogens is 2. The van der Waals surface area contributed by atoms with Crippen LogP contribution in [0.2, 0.25) is 0 Å². The second-order valence-electron chi connectivity index (χ2n) is 9.98. The van der Waals surface area contributed by atoms with Crippen molar-refractivity contribution in [2.24, 2.45) is 0 Å². The molecule has 1 saturated heterocycles. The predicted octanol–water partition coefficient (Wildman–Crippen LogP) is 8.19. The fraction of sp³-hybridized carbons (Fsp3) is 0.0571. The SMILES string of the molecule is O=C1NC(=O)N(c2ccc(OCc3ccc(Br)cc3)cc2)C(=O)/C1=C/c1ccc(OCc2cccc3ccccc23)c(Br)c1. The Morgan fingerprint density at radius 1 is 0.750 bits per heavy atom. The van der Waals surface area contributed by atoms with Gasteiger partial charge in [0.25, 0.3) is 11.8 Å². The minimum atomic E-state index is -0.820. The van der Waals surface area contributed by atoms with Crippen LogP contribution in [-0.2, 0) is 22.8 Å². The van der Waals surface area contributed by atoms with Crippen molar-refractivity contribution >= 4 is 72.2 Å². The number of anilines is 1. The third kappa shape index (κ3) is 6.44. The van der Waals surface area contributed by atoms with Crippen molar-refractivity contribution in [3.63, 3.8) is 0 Å². The number of urea groups is 1. The second kappa shape index (κ2) is 12.9. The summed E-state index contributed by atoms with van der Waals surface area (Å²) in [6, 6.07) is 33.0. The molecule has 1 heterocycles. The molecule has 1 aliphatic heterocycles. The molecule has 0 aromatic heterocycles. The Hall–Kier alpha value is -4.73. The van der Waals surface area contributed by atoms with E-state index in [1.807, 2.05) is 48.5 Å². The molecule has 0 aliphatic carbocycles. The number of hydrogen-bond donors (Lipinski definition) is 1. The van der Waals surface area contributed by atoms with Crippen molar-refractivity contribution in [3.05, 3.63) is 140 Å². The normalized spacial score (nSPS) is 14.2. The van der Waals surface area contributed by atoms with Gasteiger partial charge in [-0.2, -0.15) is 0 Å². The maximum absolute atomic E-state index is 13.4. The van der Waals surface area contributed by atoms with Gasteiger partial charge in [-0.15, -0.1) is 0 Å². The molecule has 1 aliphatic rings. The first-order valence-electron chi connectivity index (χ1n) is 13.6. The number of nitrogens with zero attached hydrogens (tertiary/aromatic N) is 1. The van der Waals surface area contributed by atoms with E-state index in [0.29, 0.717) is 40.4 Å². The van der Waals surface area contributed by atoms with Crippen molar-refractivity contribution < 1.29 is 23.9 Å². The van der Waals surface area contributed by atoms with Crippen molar-refractivity contribution in [1.82, 2.24) is 5.32 Å². The van der Waals surface area contributed by atoms with Crippen molar-refractivity contribution in [1.29, 1.82) is 0 Å². The molecule has 0 radical (unpaired) electrons. The van der Waals surface area contributed by atoms with Crippen LogP contribution in [0.3, 0.4) is 0 Å². The number of barbiturate groups is 1. The lowest BCUT2D eigenvalue weighted by Gasteiger charge is -2.26. The lowest BCUT2D eigenvalue weighted by molar-refractivity contribution is -0.122. The Kier molecular flexibility index (Phi) is 8.58. The topological polar surface area (TPSA) is 84.9 Å². The standard InChI is InChI=1S/C35H24Br2N2O5/c36-26-11-8-22(9-12-26)20-43-28-15-13-27(14-16-28)39-34(41)30(33(40)38-35(39)42)18-23-10-17-32(31(37)19-23)44-21-25-6-3-5-24-4-1-2-7-29(24)25/h1-19H,20-21H2,(H,38,40,42)/b30-18+. The van der Waals surface area contributed by atoms with Crippen molar-refractivity contribution in [2.45, 2.75) is 13.2 Å². The van der Waals surface area contributed by atoms with E-state index < -0.39 is 17.8 Å². The van der Waals surface area contributed by atoms with E-state index in [1.54, 1.807) is 42.5 Å². The lowest BCUT2D eigenvalue weighted by Crippen LogP contribution is -2.54. The molecule has 1 N–H and O–H groups in total. The van der Waals surface area contributed by atoms with Crippen LogP contribution in [0.15, 0.2) is 124 Å². The summed E-state index contributed by atoms with van der Waals surface area (Å²) in [4.78, 5) is 39.7. The zero-order chi connectivity index (χ0) is 30.6. The first-order valence-corrected chi connectivity index (χ1v) is 15.2. The zero-order valence-corrected chi connectivity index (χ0v) is 26.3. The Bertz CT molecular complexity index is 1920. The molecule has 4 amide bonds. The number of carbonyl (C=O) groups excluding carboxylic acids is 3. The number of rotatable bonds is 8. The van der Waals surface area contributed by atoms with Gasteiger partial charge in [-0.3, -0.25) is 14.9 Å². The fourth-order valence-electron chi connectivity index (χ4n) is 4.80. The molecule has 0 spiro atoms. The highest BCUT2D eigenvalue weighted by Gasteiger charge is 2.36. The van der Waals surface area contributed by atoms with E-state index in [2.05, 4.69) is 55.4 Å². The molecule has 0 unspecified atom stereocenters. The summed E-state index contributed by atoms with van der Waals surface area (Å²) in [5, 5.41) is 4.52. The lowest BCUT2D eigenvalue weighted by atomic mass is 10.1. The number of hydrogen-bond acceptors (Lipinski definition) is 5. The van der Waals surface area contributed by atoms with Crippen LogP contribution in [0.4, 0.5) is 10.5 Å². The number of carbonyl (C=O) groups is 3. The molecule has 0 saturated carbocycles. The molecule has 7 nitrogen and oxygen atoms in total. The number of amides is 4. The summed E-state index contributed by atoms with van der Waals surface area (Å²) in [5.41, 5.74) is 2.77. The van der Waals surface area contributed by atoms with Crippen LogP contribution in [0.25, 0.3) is 16.8 Å². The van der Waals surface area contributed by atoms with Gasteiger partial charge in [-0.1, -0.05) is 76.6 Å². The van der Waals surface area contributed by atoms with Crippen LogP contribution >= 0.6 is 31.9 Å². The Morgan fingerprint density at radius 2 is 1.50 bits per heavy atom. The van der Waals surface area contributed by atoms with Crippen LogP contribution in [0.1, 0.15) is 16.7 Å². The highest BCUT2D eigenvalue weighted by atomic mass is 79.9. The van der Waals surface area contributed by atoms with Gasteiger partial charge in [0.2, 0.25) is 0 Å². The molecule has 1 fully saturated rings. The Labute approximate surface area is 270 Å². The van der Waals surface area contributed by atoms with E-state index in [4.69, 9.17) is 9.47 Å². The van der Waals surface area contributed by atoms with Gasteiger partial charge in [0.15, 0.2) is 0 Å². The quantitative estimate of drug-likeness (QED) is 0.130. The maximum atomic E-state index is 13.4. The summed E-state index contributed by atoms with van der Waals surface area (Å²) in [6.07, 6.45) is 1.45. The monoisotopic (exact) mass is 710 g/mol. The number of fused-ring (bicyclic) bond motifs is 1. The second-order valence-corrected chi connectivity index (χ2v) is 11.8.